The SMILES string of the molecule is CC1(C)[C@H](N)CC[C@]1(C)c1nc(-c2ccc(F)cc2)no1. The first kappa shape index (κ1) is 14.2. The molecule has 2 aromatic rings. The lowest BCUT2D eigenvalue weighted by Crippen LogP contribution is -2.44. The first-order chi connectivity index (χ1) is 9.84. The maximum Gasteiger partial charge on any atom is 0.233 e. The second-order valence-corrected chi connectivity index (χ2v) is 6.63. The summed E-state index contributed by atoms with van der Waals surface area (Å²) in [6.45, 7) is 6.42. The number of halogens is 1. The van der Waals surface area contributed by atoms with Gasteiger partial charge in [0.2, 0.25) is 11.7 Å². The van der Waals surface area contributed by atoms with Crippen molar-refractivity contribution in [3.8, 4) is 11.4 Å². The zero-order chi connectivity index (χ0) is 15.3. The van der Waals surface area contributed by atoms with Crippen molar-refractivity contribution in [2.75, 3.05) is 0 Å². The Morgan fingerprint density at radius 3 is 2.48 bits per heavy atom. The molecule has 0 aliphatic heterocycles. The number of hydrogen-bond acceptors (Lipinski definition) is 4. The van der Waals surface area contributed by atoms with Gasteiger partial charge >= 0.3 is 0 Å². The molecule has 5 heteroatoms. The topological polar surface area (TPSA) is 64.9 Å². The third-order valence-corrected chi connectivity index (χ3v) is 5.30. The van der Waals surface area contributed by atoms with E-state index < -0.39 is 0 Å². The highest BCUT2D eigenvalue weighted by atomic mass is 19.1. The van der Waals surface area contributed by atoms with Gasteiger partial charge in [-0.05, 0) is 42.5 Å². The smallest absolute Gasteiger partial charge is 0.233 e. The summed E-state index contributed by atoms with van der Waals surface area (Å²) < 4.78 is 18.5. The van der Waals surface area contributed by atoms with Crippen molar-refractivity contribution in [3.05, 3.63) is 36.0 Å². The van der Waals surface area contributed by atoms with Crippen molar-refractivity contribution < 1.29 is 8.91 Å². The van der Waals surface area contributed by atoms with Crippen LogP contribution in [-0.4, -0.2) is 16.2 Å². The summed E-state index contributed by atoms with van der Waals surface area (Å²) in [5.74, 6) is 0.819. The molecule has 3 rings (SSSR count). The van der Waals surface area contributed by atoms with Crippen LogP contribution in [0.25, 0.3) is 11.4 Å². The fraction of sp³-hybridized carbons (Fsp3) is 0.500. The largest absolute Gasteiger partial charge is 0.338 e. The highest BCUT2D eigenvalue weighted by molar-refractivity contribution is 5.54. The maximum atomic E-state index is 13.0. The van der Waals surface area contributed by atoms with E-state index in [9.17, 15) is 4.39 Å². The Bertz CT molecular complexity index is 650. The van der Waals surface area contributed by atoms with Gasteiger partial charge in [-0.1, -0.05) is 25.9 Å². The van der Waals surface area contributed by atoms with Crippen molar-refractivity contribution in [1.82, 2.24) is 10.1 Å². The fourth-order valence-electron chi connectivity index (χ4n) is 3.08. The van der Waals surface area contributed by atoms with Gasteiger partial charge in [-0.3, -0.25) is 0 Å². The van der Waals surface area contributed by atoms with Gasteiger partial charge in [-0.15, -0.1) is 0 Å². The van der Waals surface area contributed by atoms with E-state index in [0.29, 0.717) is 11.7 Å². The van der Waals surface area contributed by atoms with Crippen molar-refractivity contribution in [2.24, 2.45) is 11.1 Å². The van der Waals surface area contributed by atoms with Crippen LogP contribution in [0.4, 0.5) is 4.39 Å². The minimum absolute atomic E-state index is 0.112. The van der Waals surface area contributed by atoms with Gasteiger partial charge in [0.1, 0.15) is 5.82 Å². The highest BCUT2D eigenvalue weighted by Crippen LogP contribution is 2.52. The van der Waals surface area contributed by atoms with E-state index in [1.54, 1.807) is 12.1 Å². The Labute approximate surface area is 123 Å². The van der Waals surface area contributed by atoms with Crippen molar-refractivity contribution in [2.45, 2.75) is 45.1 Å². The summed E-state index contributed by atoms with van der Waals surface area (Å²) in [5, 5.41) is 4.05. The normalized spacial score (nSPS) is 28.0. The van der Waals surface area contributed by atoms with Crippen LogP contribution in [0.15, 0.2) is 28.8 Å². The number of hydrogen-bond donors (Lipinski definition) is 1. The van der Waals surface area contributed by atoms with E-state index in [1.165, 1.54) is 12.1 Å². The zero-order valence-electron chi connectivity index (χ0n) is 12.6. The number of aromatic nitrogens is 2. The van der Waals surface area contributed by atoms with Crippen LogP contribution >= 0.6 is 0 Å². The molecular weight excluding hydrogens is 269 g/mol. The van der Waals surface area contributed by atoms with Gasteiger partial charge in [0.05, 0.1) is 5.41 Å². The number of nitrogens with zero attached hydrogens (tertiary/aromatic N) is 2. The molecule has 112 valence electrons. The number of nitrogens with two attached hydrogens (primary N) is 1. The van der Waals surface area contributed by atoms with E-state index >= 15 is 0 Å². The lowest BCUT2D eigenvalue weighted by atomic mass is 9.68. The summed E-state index contributed by atoms with van der Waals surface area (Å²) in [6.07, 6.45) is 1.87. The molecule has 1 aliphatic carbocycles. The average molecular weight is 289 g/mol. The van der Waals surface area contributed by atoms with E-state index in [4.69, 9.17) is 10.3 Å². The summed E-state index contributed by atoms with van der Waals surface area (Å²) >= 11 is 0. The second-order valence-electron chi connectivity index (χ2n) is 6.63. The van der Waals surface area contributed by atoms with Crippen LogP contribution < -0.4 is 5.73 Å². The predicted octanol–water partition coefficient (Wildman–Crippen LogP) is 3.28. The number of rotatable bonds is 2. The standard InChI is InChI=1S/C16H20FN3O/c1-15(2)12(18)8-9-16(15,3)14-19-13(20-21-14)10-4-6-11(17)7-5-10/h4-7,12H,8-9,18H2,1-3H3/t12-,16-/m1/s1. The quantitative estimate of drug-likeness (QED) is 0.921. The van der Waals surface area contributed by atoms with Gasteiger partial charge < -0.3 is 10.3 Å². The number of benzene rings is 1. The minimum Gasteiger partial charge on any atom is -0.338 e. The maximum absolute atomic E-state index is 13.0. The molecule has 1 aliphatic rings. The molecule has 1 heterocycles. The molecule has 2 N–H and O–H groups in total. The van der Waals surface area contributed by atoms with E-state index in [1.807, 2.05) is 0 Å². The summed E-state index contributed by atoms with van der Waals surface area (Å²) in [7, 11) is 0. The van der Waals surface area contributed by atoms with Crippen LogP contribution in [-0.2, 0) is 5.41 Å². The first-order valence-corrected chi connectivity index (χ1v) is 7.20. The van der Waals surface area contributed by atoms with Crippen molar-refractivity contribution in [1.29, 1.82) is 0 Å². The molecule has 1 aromatic carbocycles. The summed E-state index contributed by atoms with van der Waals surface area (Å²) in [5.41, 5.74) is 6.62. The summed E-state index contributed by atoms with van der Waals surface area (Å²) in [4.78, 5) is 4.54. The van der Waals surface area contributed by atoms with Gasteiger partial charge in [0.15, 0.2) is 0 Å². The van der Waals surface area contributed by atoms with Crippen molar-refractivity contribution >= 4 is 0 Å². The van der Waals surface area contributed by atoms with Crippen LogP contribution in [0.2, 0.25) is 0 Å². The monoisotopic (exact) mass is 289 g/mol. The third kappa shape index (κ3) is 2.07. The van der Waals surface area contributed by atoms with Crippen LogP contribution in [0.1, 0.15) is 39.5 Å². The third-order valence-electron chi connectivity index (χ3n) is 5.30. The lowest BCUT2D eigenvalue weighted by molar-refractivity contribution is 0.154. The molecule has 0 bridgehead atoms. The Morgan fingerprint density at radius 2 is 1.90 bits per heavy atom. The van der Waals surface area contributed by atoms with E-state index in [2.05, 4.69) is 30.9 Å². The second kappa shape index (κ2) is 4.63. The predicted molar refractivity (Wildman–Crippen MR) is 78.0 cm³/mol. The molecule has 1 saturated carbocycles. The minimum atomic E-state index is -0.280. The molecule has 0 amide bonds. The van der Waals surface area contributed by atoms with Gasteiger partial charge in [-0.25, -0.2) is 4.39 Å². The summed E-state index contributed by atoms with van der Waals surface area (Å²) in [6, 6.07) is 6.20. The van der Waals surface area contributed by atoms with Crippen LogP contribution in [0.3, 0.4) is 0 Å². The van der Waals surface area contributed by atoms with Gasteiger partial charge in [0.25, 0.3) is 0 Å². The molecule has 1 aromatic heterocycles. The Kier molecular flexibility index (Phi) is 3.13. The molecule has 4 nitrogen and oxygen atoms in total. The fourth-order valence-corrected chi connectivity index (χ4v) is 3.08. The van der Waals surface area contributed by atoms with Crippen LogP contribution in [0, 0.1) is 11.2 Å². The zero-order valence-corrected chi connectivity index (χ0v) is 12.6. The molecule has 2 atom stereocenters. The van der Waals surface area contributed by atoms with Crippen molar-refractivity contribution in [3.63, 3.8) is 0 Å². The molecule has 0 saturated heterocycles. The van der Waals surface area contributed by atoms with E-state index in [-0.39, 0.29) is 22.7 Å². The molecule has 1 fully saturated rings. The molecule has 0 radical (unpaired) electrons. The molecular formula is C16H20FN3O. The van der Waals surface area contributed by atoms with Gasteiger partial charge in [-0.2, -0.15) is 4.98 Å². The van der Waals surface area contributed by atoms with E-state index in [0.717, 1.165) is 18.4 Å². The first-order valence-electron chi connectivity index (χ1n) is 7.20. The lowest BCUT2D eigenvalue weighted by Gasteiger charge is -2.37. The molecule has 0 unspecified atom stereocenters. The van der Waals surface area contributed by atoms with Crippen LogP contribution in [0.5, 0.6) is 0 Å². The average Bonchev–Trinajstić information content (AvgIpc) is 3.01. The Morgan fingerprint density at radius 1 is 1.24 bits per heavy atom. The molecule has 0 spiro atoms. The van der Waals surface area contributed by atoms with Gasteiger partial charge in [0, 0.05) is 11.6 Å². The Balaban J connectivity index is 1.97. The molecule has 21 heavy (non-hydrogen) atoms. The Hall–Kier alpha value is -1.75. The highest BCUT2D eigenvalue weighted by Gasteiger charge is 2.54.